The minimum Gasteiger partial charge on any atom is -0.345 e. The number of carbonyl (C=O) groups excluding carboxylic acids is 2. The van der Waals surface area contributed by atoms with Crippen molar-refractivity contribution in [2.24, 2.45) is 11.7 Å². The third-order valence-electron chi connectivity index (χ3n) is 2.96. The Bertz CT molecular complexity index is 346. The normalized spacial score (nSPS) is 14.4. The molecular weight excluding hydrogens is 287 g/mol. The van der Waals surface area contributed by atoms with Crippen LogP contribution in [0.5, 0.6) is 0 Å². The molecule has 2 amide bonds. The van der Waals surface area contributed by atoms with Crippen molar-refractivity contribution in [3.63, 3.8) is 0 Å². The van der Waals surface area contributed by atoms with Gasteiger partial charge in [-0.15, -0.1) is 0 Å². The van der Waals surface area contributed by atoms with Crippen molar-refractivity contribution in [2.75, 3.05) is 20.1 Å². The highest BCUT2D eigenvalue weighted by atomic mass is 19.4. The van der Waals surface area contributed by atoms with E-state index in [4.69, 9.17) is 5.73 Å². The number of amides is 2. The molecule has 0 heterocycles. The summed E-state index contributed by atoms with van der Waals surface area (Å²) < 4.78 is 35.8. The lowest BCUT2D eigenvalue weighted by Gasteiger charge is -2.21. The van der Waals surface area contributed by atoms with Gasteiger partial charge in [-0.2, -0.15) is 13.2 Å². The molecule has 0 saturated heterocycles. The van der Waals surface area contributed by atoms with Crippen LogP contribution in [0.25, 0.3) is 0 Å². The van der Waals surface area contributed by atoms with Crippen LogP contribution < -0.4 is 11.1 Å². The van der Waals surface area contributed by atoms with Crippen molar-refractivity contribution in [1.29, 1.82) is 0 Å². The van der Waals surface area contributed by atoms with Gasteiger partial charge in [-0.1, -0.05) is 13.3 Å². The van der Waals surface area contributed by atoms with Gasteiger partial charge in [0.1, 0.15) is 6.54 Å². The van der Waals surface area contributed by atoms with Crippen molar-refractivity contribution in [3.8, 4) is 0 Å². The summed E-state index contributed by atoms with van der Waals surface area (Å²) in [7, 11) is 1.40. The minimum atomic E-state index is -4.45. The number of halogens is 3. The molecule has 0 aromatic rings. The Hall–Kier alpha value is -1.31. The predicted molar refractivity (Wildman–Crippen MR) is 73.4 cm³/mol. The summed E-state index contributed by atoms with van der Waals surface area (Å²) in [6.07, 6.45) is -2.23. The van der Waals surface area contributed by atoms with E-state index in [0.29, 0.717) is 6.42 Å². The molecule has 0 spiro atoms. The minimum absolute atomic E-state index is 0.0678. The lowest BCUT2D eigenvalue weighted by atomic mass is 10.0. The Kier molecular flexibility index (Phi) is 8.31. The quantitative estimate of drug-likeness (QED) is 0.709. The molecule has 0 fully saturated rings. The Morgan fingerprint density at radius 1 is 1.24 bits per heavy atom. The average molecular weight is 311 g/mol. The highest BCUT2D eigenvalue weighted by Crippen LogP contribution is 2.13. The topological polar surface area (TPSA) is 75.4 Å². The molecule has 0 rings (SSSR count). The number of carbonyl (C=O) groups is 2. The number of alkyl halides is 3. The van der Waals surface area contributed by atoms with Crippen molar-refractivity contribution in [2.45, 2.75) is 45.3 Å². The predicted octanol–water partition coefficient (Wildman–Crippen LogP) is 1.28. The maximum Gasteiger partial charge on any atom is 0.405 e. The first-order valence-corrected chi connectivity index (χ1v) is 6.87. The van der Waals surface area contributed by atoms with E-state index in [-0.39, 0.29) is 24.4 Å². The maximum absolute atomic E-state index is 11.9. The number of hydrogen-bond donors (Lipinski definition) is 2. The Balaban J connectivity index is 4.10. The Morgan fingerprint density at radius 3 is 2.29 bits per heavy atom. The largest absolute Gasteiger partial charge is 0.405 e. The lowest BCUT2D eigenvalue weighted by Crippen LogP contribution is -2.43. The molecule has 0 saturated carbocycles. The Morgan fingerprint density at radius 2 is 1.81 bits per heavy atom. The fourth-order valence-electron chi connectivity index (χ4n) is 1.79. The average Bonchev–Trinajstić information content (AvgIpc) is 2.33. The molecule has 3 N–H and O–H groups in total. The van der Waals surface area contributed by atoms with Gasteiger partial charge in [0.15, 0.2) is 0 Å². The molecule has 8 heteroatoms. The molecule has 0 aliphatic carbocycles. The summed E-state index contributed by atoms with van der Waals surface area (Å²) in [5, 5.41) is 1.73. The van der Waals surface area contributed by atoms with Crippen LogP contribution in [0, 0.1) is 5.92 Å². The van der Waals surface area contributed by atoms with E-state index in [0.717, 1.165) is 17.7 Å². The van der Waals surface area contributed by atoms with E-state index >= 15 is 0 Å². The third-order valence-corrected chi connectivity index (χ3v) is 2.96. The molecule has 124 valence electrons. The third kappa shape index (κ3) is 10.1. The number of rotatable bonds is 8. The first-order valence-electron chi connectivity index (χ1n) is 6.87. The second kappa shape index (κ2) is 8.86. The highest BCUT2D eigenvalue weighted by Gasteiger charge is 2.28. The van der Waals surface area contributed by atoms with Crippen molar-refractivity contribution >= 4 is 11.8 Å². The van der Waals surface area contributed by atoms with Crippen LogP contribution in [0.2, 0.25) is 0 Å². The summed E-state index contributed by atoms with van der Waals surface area (Å²) in [6, 6.07) is 0.0678. The molecule has 0 aliphatic heterocycles. The zero-order valence-corrected chi connectivity index (χ0v) is 12.7. The smallest absolute Gasteiger partial charge is 0.345 e. The van der Waals surface area contributed by atoms with Gasteiger partial charge in [0.25, 0.3) is 0 Å². The number of hydrogen-bond acceptors (Lipinski definition) is 3. The summed E-state index contributed by atoms with van der Waals surface area (Å²) in [4.78, 5) is 24.4. The molecular formula is C13H24F3N3O2. The van der Waals surface area contributed by atoms with E-state index in [1.165, 1.54) is 7.05 Å². The van der Waals surface area contributed by atoms with Crippen LogP contribution in [0.4, 0.5) is 13.2 Å². The first-order chi connectivity index (χ1) is 9.53. The van der Waals surface area contributed by atoms with Gasteiger partial charge in [-0.3, -0.25) is 9.59 Å². The van der Waals surface area contributed by atoms with Gasteiger partial charge in [0, 0.05) is 19.0 Å². The fourth-order valence-corrected chi connectivity index (χ4v) is 1.79. The monoisotopic (exact) mass is 311 g/mol. The summed E-state index contributed by atoms with van der Waals surface area (Å²) >= 11 is 0. The van der Waals surface area contributed by atoms with Crippen molar-refractivity contribution < 1.29 is 22.8 Å². The summed E-state index contributed by atoms with van der Waals surface area (Å²) in [6.45, 7) is 1.83. The maximum atomic E-state index is 11.9. The van der Waals surface area contributed by atoms with Crippen LogP contribution >= 0.6 is 0 Å². The Labute approximate surface area is 123 Å². The zero-order chi connectivity index (χ0) is 16.6. The van der Waals surface area contributed by atoms with Crippen LogP contribution in [-0.4, -0.2) is 49.1 Å². The molecule has 0 aliphatic rings. The second-order valence-corrected chi connectivity index (χ2v) is 5.40. The standard InChI is InChI=1S/C13H24F3N3O2/c1-9(5-4-6-10(2)17)12(21)19(3)7-11(20)18-8-13(14,15)16/h9-10H,4-8,17H2,1-3H3,(H,18,20). The number of likely N-dealkylation sites (N-methyl/N-ethyl adjacent to an activating group) is 1. The number of nitrogens with two attached hydrogens (primary N) is 1. The van der Waals surface area contributed by atoms with Crippen molar-refractivity contribution in [3.05, 3.63) is 0 Å². The molecule has 0 radical (unpaired) electrons. The van der Waals surface area contributed by atoms with E-state index in [1.54, 1.807) is 12.2 Å². The van der Waals surface area contributed by atoms with Gasteiger partial charge >= 0.3 is 6.18 Å². The summed E-state index contributed by atoms with van der Waals surface area (Å²) in [5.74, 6) is -1.38. The van der Waals surface area contributed by atoms with E-state index in [2.05, 4.69) is 0 Å². The van der Waals surface area contributed by atoms with Crippen LogP contribution in [-0.2, 0) is 9.59 Å². The van der Waals surface area contributed by atoms with Gasteiger partial charge < -0.3 is 16.0 Å². The van der Waals surface area contributed by atoms with Crippen molar-refractivity contribution in [1.82, 2.24) is 10.2 Å². The SMILES string of the molecule is CC(N)CCCC(C)C(=O)N(C)CC(=O)NCC(F)(F)F. The fraction of sp³-hybridized carbons (Fsp3) is 0.846. The van der Waals surface area contributed by atoms with Crippen LogP contribution in [0.1, 0.15) is 33.1 Å². The summed E-state index contributed by atoms with van der Waals surface area (Å²) in [5.41, 5.74) is 5.61. The van der Waals surface area contributed by atoms with Crippen LogP contribution in [0.3, 0.4) is 0 Å². The lowest BCUT2D eigenvalue weighted by molar-refractivity contribution is -0.142. The molecule has 5 nitrogen and oxygen atoms in total. The van der Waals surface area contributed by atoms with Gasteiger partial charge in [-0.25, -0.2) is 0 Å². The van der Waals surface area contributed by atoms with E-state index in [9.17, 15) is 22.8 Å². The first kappa shape index (κ1) is 19.7. The molecule has 2 unspecified atom stereocenters. The molecule has 0 bridgehead atoms. The molecule has 21 heavy (non-hydrogen) atoms. The van der Waals surface area contributed by atoms with E-state index < -0.39 is 18.6 Å². The number of nitrogens with one attached hydrogen (secondary N) is 1. The molecule has 2 atom stereocenters. The highest BCUT2D eigenvalue weighted by molar-refractivity contribution is 5.85. The molecule has 0 aromatic carbocycles. The van der Waals surface area contributed by atoms with Gasteiger partial charge in [0.2, 0.25) is 11.8 Å². The van der Waals surface area contributed by atoms with E-state index in [1.807, 2.05) is 6.92 Å². The van der Waals surface area contributed by atoms with Gasteiger partial charge in [0.05, 0.1) is 6.54 Å². The van der Waals surface area contributed by atoms with Crippen LogP contribution in [0.15, 0.2) is 0 Å². The number of nitrogens with zero attached hydrogens (tertiary/aromatic N) is 1. The second-order valence-electron chi connectivity index (χ2n) is 5.40. The zero-order valence-electron chi connectivity index (χ0n) is 12.7. The molecule has 0 aromatic heterocycles. The van der Waals surface area contributed by atoms with Gasteiger partial charge in [-0.05, 0) is 19.8 Å².